The highest BCUT2D eigenvalue weighted by Gasteiger charge is 2.22. The normalized spacial score (nSPS) is 12.3. The highest BCUT2D eigenvalue weighted by atomic mass is 32.1. The Bertz CT molecular complexity index is 1070. The van der Waals surface area contributed by atoms with E-state index in [1.807, 2.05) is 38.2 Å². The fraction of sp³-hybridized carbons (Fsp3) is 0.381. The molecule has 2 aromatic heterocycles. The molecule has 0 saturated heterocycles. The Kier molecular flexibility index (Phi) is 6.34. The average molecular weight is 416 g/mol. The number of benzene rings is 1. The summed E-state index contributed by atoms with van der Waals surface area (Å²) < 4.78 is 10.3. The molecule has 7 nitrogen and oxygen atoms in total. The lowest BCUT2D eigenvalue weighted by Gasteiger charge is -2.24. The van der Waals surface area contributed by atoms with Gasteiger partial charge in [0.25, 0.3) is 5.56 Å². The number of nitrogens with one attached hydrogen (secondary N) is 1. The van der Waals surface area contributed by atoms with E-state index in [1.165, 1.54) is 11.3 Å². The SMILES string of the molecule is CCOC(=O)c1sc2nc([C@@H](C)N(C)Cc3ccc(OC)cc3)[nH]c(=O)c2c1C. The van der Waals surface area contributed by atoms with Crippen molar-refractivity contribution in [2.24, 2.45) is 0 Å². The Balaban J connectivity index is 1.88. The largest absolute Gasteiger partial charge is 0.497 e. The van der Waals surface area contributed by atoms with Gasteiger partial charge in [0.15, 0.2) is 0 Å². The van der Waals surface area contributed by atoms with Gasteiger partial charge in [-0.25, -0.2) is 9.78 Å². The molecule has 154 valence electrons. The molecular formula is C21H25N3O4S. The fourth-order valence-corrected chi connectivity index (χ4v) is 4.20. The molecule has 1 N–H and O–H groups in total. The van der Waals surface area contributed by atoms with Gasteiger partial charge >= 0.3 is 5.97 Å². The number of H-pyrrole nitrogens is 1. The van der Waals surface area contributed by atoms with Crippen LogP contribution in [0.2, 0.25) is 0 Å². The molecule has 0 radical (unpaired) electrons. The van der Waals surface area contributed by atoms with E-state index in [4.69, 9.17) is 9.47 Å². The monoisotopic (exact) mass is 415 g/mol. The molecule has 29 heavy (non-hydrogen) atoms. The minimum absolute atomic E-state index is 0.123. The van der Waals surface area contributed by atoms with Gasteiger partial charge in [0, 0.05) is 6.54 Å². The Labute approximate surface area is 173 Å². The number of esters is 1. The van der Waals surface area contributed by atoms with Crippen LogP contribution in [-0.4, -0.2) is 41.6 Å². The minimum Gasteiger partial charge on any atom is -0.497 e. The molecule has 0 aliphatic heterocycles. The first-order chi connectivity index (χ1) is 13.8. The average Bonchev–Trinajstić information content (AvgIpc) is 3.05. The third kappa shape index (κ3) is 4.33. The Morgan fingerprint density at radius 2 is 2.00 bits per heavy atom. The maximum absolute atomic E-state index is 12.7. The predicted molar refractivity (Wildman–Crippen MR) is 114 cm³/mol. The van der Waals surface area contributed by atoms with Crippen LogP contribution in [0.25, 0.3) is 10.2 Å². The fourth-order valence-electron chi connectivity index (χ4n) is 3.11. The van der Waals surface area contributed by atoms with Gasteiger partial charge < -0.3 is 14.5 Å². The molecule has 0 fully saturated rings. The molecule has 0 unspecified atom stereocenters. The van der Waals surface area contributed by atoms with Gasteiger partial charge in [0.1, 0.15) is 21.3 Å². The lowest BCUT2D eigenvalue weighted by Crippen LogP contribution is -2.25. The van der Waals surface area contributed by atoms with E-state index in [0.717, 1.165) is 11.3 Å². The van der Waals surface area contributed by atoms with Gasteiger partial charge in [0.2, 0.25) is 0 Å². The zero-order valence-electron chi connectivity index (χ0n) is 17.2. The first-order valence-corrected chi connectivity index (χ1v) is 10.2. The van der Waals surface area contributed by atoms with Crippen molar-refractivity contribution in [2.75, 3.05) is 20.8 Å². The van der Waals surface area contributed by atoms with Gasteiger partial charge in [0.05, 0.1) is 25.1 Å². The third-order valence-electron chi connectivity index (χ3n) is 4.93. The van der Waals surface area contributed by atoms with Crippen LogP contribution in [0.15, 0.2) is 29.1 Å². The first kappa shape index (κ1) is 21.0. The number of carbonyl (C=O) groups excluding carboxylic acids is 1. The highest BCUT2D eigenvalue weighted by molar-refractivity contribution is 7.20. The Hall–Kier alpha value is -2.71. The van der Waals surface area contributed by atoms with Crippen molar-refractivity contribution >= 4 is 27.5 Å². The number of aromatic nitrogens is 2. The van der Waals surface area contributed by atoms with Crippen LogP contribution < -0.4 is 10.3 Å². The molecular weight excluding hydrogens is 390 g/mol. The molecule has 0 spiro atoms. The van der Waals surface area contributed by atoms with Crippen LogP contribution in [0.1, 0.15) is 46.5 Å². The number of hydrogen-bond acceptors (Lipinski definition) is 7. The van der Waals surface area contributed by atoms with Crippen molar-refractivity contribution in [3.8, 4) is 5.75 Å². The first-order valence-electron chi connectivity index (χ1n) is 9.39. The van der Waals surface area contributed by atoms with E-state index in [2.05, 4.69) is 14.9 Å². The molecule has 3 rings (SSSR count). The summed E-state index contributed by atoms with van der Waals surface area (Å²) in [5.74, 6) is 0.958. The number of hydrogen-bond donors (Lipinski definition) is 1. The lowest BCUT2D eigenvalue weighted by molar-refractivity contribution is 0.0531. The number of fused-ring (bicyclic) bond motifs is 1. The van der Waals surface area contributed by atoms with E-state index in [9.17, 15) is 9.59 Å². The summed E-state index contributed by atoms with van der Waals surface area (Å²) in [4.78, 5) is 35.5. The van der Waals surface area contributed by atoms with Crippen LogP contribution in [0.5, 0.6) is 5.75 Å². The maximum Gasteiger partial charge on any atom is 0.348 e. The number of ether oxygens (including phenoxy) is 2. The van der Waals surface area contributed by atoms with Gasteiger partial charge in [-0.15, -0.1) is 11.3 Å². The van der Waals surface area contributed by atoms with Gasteiger partial charge in [-0.2, -0.15) is 0 Å². The van der Waals surface area contributed by atoms with Crippen molar-refractivity contribution in [3.05, 3.63) is 56.4 Å². The molecule has 0 aliphatic carbocycles. The summed E-state index contributed by atoms with van der Waals surface area (Å²) in [5.41, 5.74) is 1.50. The summed E-state index contributed by atoms with van der Waals surface area (Å²) in [6, 6.07) is 7.74. The number of nitrogens with zero attached hydrogens (tertiary/aromatic N) is 2. The molecule has 2 heterocycles. The van der Waals surface area contributed by atoms with E-state index in [0.29, 0.717) is 33.0 Å². The second kappa shape index (κ2) is 8.75. The standard InChI is InChI=1S/C21H25N3O4S/c1-6-28-21(26)17-12(2)16-19(25)22-18(23-20(16)29-17)13(3)24(4)11-14-7-9-15(27-5)10-8-14/h7-10,13H,6,11H2,1-5H3,(H,22,23,25)/t13-/m1/s1. The highest BCUT2D eigenvalue weighted by Crippen LogP contribution is 2.29. The maximum atomic E-state index is 12.7. The van der Waals surface area contributed by atoms with Crippen molar-refractivity contribution in [1.82, 2.24) is 14.9 Å². The molecule has 3 aromatic rings. The Morgan fingerprint density at radius 1 is 1.31 bits per heavy atom. The Morgan fingerprint density at radius 3 is 2.62 bits per heavy atom. The molecule has 1 atom stereocenters. The van der Waals surface area contributed by atoms with Crippen LogP contribution in [0.3, 0.4) is 0 Å². The zero-order chi connectivity index (χ0) is 21.1. The predicted octanol–water partition coefficient (Wildman–Crippen LogP) is 3.67. The summed E-state index contributed by atoms with van der Waals surface area (Å²) in [6.07, 6.45) is 0. The number of carbonyl (C=O) groups is 1. The smallest absolute Gasteiger partial charge is 0.348 e. The molecule has 8 heteroatoms. The molecule has 0 saturated carbocycles. The van der Waals surface area contributed by atoms with Crippen LogP contribution in [0, 0.1) is 6.92 Å². The number of methoxy groups -OCH3 is 1. The van der Waals surface area contributed by atoms with Crippen LogP contribution in [0.4, 0.5) is 0 Å². The lowest BCUT2D eigenvalue weighted by atomic mass is 10.1. The second-order valence-corrected chi connectivity index (χ2v) is 7.85. The minimum atomic E-state index is -0.418. The van der Waals surface area contributed by atoms with Crippen LogP contribution >= 0.6 is 11.3 Å². The van der Waals surface area contributed by atoms with Crippen LogP contribution in [-0.2, 0) is 11.3 Å². The molecule has 0 aliphatic rings. The van der Waals surface area contributed by atoms with Gasteiger partial charge in [-0.1, -0.05) is 12.1 Å². The quantitative estimate of drug-likeness (QED) is 0.593. The summed E-state index contributed by atoms with van der Waals surface area (Å²) in [7, 11) is 3.61. The van der Waals surface area contributed by atoms with Crippen molar-refractivity contribution in [2.45, 2.75) is 33.4 Å². The van der Waals surface area contributed by atoms with Crippen molar-refractivity contribution < 1.29 is 14.3 Å². The number of aryl methyl sites for hydroxylation is 1. The van der Waals surface area contributed by atoms with Gasteiger partial charge in [-0.05, 0) is 51.1 Å². The van der Waals surface area contributed by atoms with Crippen molar-refractivity contribution in [3.63, 3.8) is 0 Å². The van der Waals surface area contributed by atoms with Gasteiger partial charge in [-0.3, -0.25) is 9.69 Å². The zero-order valence-corrected chi connectivity index (χ0v) is 18.1. The van der Waals surface area contributed by atoms with E-state index in [1.54, 1.807) is 21.0 Å². The summed E-state index contributed by atoms with van der Waals surface area (Å²) >= 11 is 1.20. The summed E-state index contributed by atoms with van der Waals surface area (Å²) in [6.45, 7) is 6.46. The topological polar surface area (TPSA) is 84.5 Å². The summed E-state index contributed by atoms with van der Waals surface area (Å²) in [5, 5.41) is 0.451. The number of rotatable bonds is 7. The van der Waals surface area contributed by atoms with E-state index < -0.39 is 5.97 Å². The van der Waals surface area contributed by atoms with E-state index in [-0.39, 0.29) is 18.2 Å². The number of aromatic amines is 1. The third-order valence-corrected chi connectivity index (χ3v) is 6.09. The number of thiophene rings is 1. The molecule has 1 aromatic carbocycles. The molecule has 0 amide bonds. The van der Waals surface area contributed by atoms with Crippen molar-refractivity contribution in [1.29, 1.82) is 0 Å². The molecule has 0 bridgehead atoms. The van der Waals surface area contributed by atoms with E-state index >= 15 is 0 Å². The second-order valence-electron chi connectivity index (χ2n) is 6.85.